The highest BCUT2D eigenvalue weighted by molar-refractivity contribution is 5.78. The van der Waals surface area contributed by atoms with E-state index in [-0.39, 0.29) is 25.1 Å². The normalized spacial score (nSPS) is 27.8. The first-order valence-electron chi connectivity index (χ1n) is 6.46. The lowest BCUT2D eigenvalue weighted by atomic mass is 10.0. The summed E-state index contributed by atoms with van der Waals surface area (Å²) in [6.07, 6.45) is 0. The highest BCUT2D eigenvalue weighted by Crippen LogP contribution is 2.19. The summed E-state index contributed by atoms with van der Waals surface area (Å²) >= 11 is 0. The van der Waals surface area contributed by atoms with Crippen LogP contribution in [-0.4, -0.2) is 85.9 Å². The molecule has 0 radical (unpaired) electrons. The van der Waals surface area contributed by atoms with E-state index in [0.717, 1.165) is 0 Å². The number of aliphatic carboxylic acids is 1. The third kappa shape index (κ3) is 3.43. The molecule has 2 aliphatic heterocycles. The fraction of sp³-hybridized carbons (Fsp3) is 0.833. The molecule has 2 fully saturated rings. The van der Waals surface area contributed by atoms with E-state index in [0.29, 0.717) is 32.9 Å². The Bertz CT molecular complexity index is 343. The SMILES string of the molecule is CN(CC(=O)N1CCOCC1)C1COCC1C(=O)O. The van der Waals surface area contributed by atoms with Gasteiger partial charge in [0.05, 0.1) is 38.9 Å². The lowest BCUT2D eigenvalue weighted by molar-refractivity contribution is -0.144. The molecule has 0 spiro atoms. The van der Waals surface area contributed by atoms with Gasteiger partial charge in [-0.25, -0.2) is 0 Å². The topological polar surface area (TPSA) is 79.3 Å². The average Bonchev–Trinajstić information content (AvgIpc) is 2.89. The molecule has 7 heteroatoms. The molecule has 1 amide bonds. The Balaban J connectivity index is 1.87. The second-order valence-electron chi connectivity index (χ2n) is 4.96. The molecular formula is C12H20N2O5. The van der Waals surface area contributed by atoms with Gasteiger partial charge in [-0.15, -0.1) is 0 Å². The first-order valence-corrected chi connectivity index (χ1v) is 6.46. The average molecular weight is 272 g/mol. The summed E-state index contributed by atoms with van der Waals surface area (Å²) in [5.41, 5.74) is 0. The molecule has 1 N–H and O–H groups in total. The van der Waals surface area contributed by atoms with Crippen molar-refractivity contribution in [2.75, 3.05) is 53.1 Å². The van der Waals surface area contributed by atoms with Crippen LogP contribution in [0.3, 0.4) is 0 Å². The molecule has 7 nitrogen and oxygen atoms in total. The third-order valence-corrected chi connectivity index (χ3v) is 3.68. The van der Waals surface area contributed by atoms with Gasteiger partial charge in [-0.05, 0) is 7.05 Å². The minimum Gasteiger partial charge on any atom is -0.481 e. The summed E-state index contributed by atoms with van der Waals surface area (Å²) < 4.78 is 10.4. The van der Waals surface area contributed by atoms with Crippen LogP contribution in [0.5, 0.6) is 0 Å². The number of ether oxygens (including phenoxy) is 2. The maximum atomic E-state index is 12.1. The predicted octanol–water partition coefficient (Wildman–Crippen LogP) is -1.12. The van der Waals surface area contributed by atoms with Gasteiger partial charge in [0.25, 0.3) is 0 Å². The van der Waals surface area contributed by atoms with Gasteiger partial charge in [0.2, 0.25) is 5.91 Å². The predicted molar refractivity (Wildman–Crippen MR) is 65.8 cm³/mol. The smallest absolute Gasteiger partial charge is 0.310 e. The van der Waals surface area contributed by atoms with Crippen molar-refractivity contribution in [1.29, 1.82) is 0 Å². The molecule has 2 aliphatic rings. The Kier molecular flexibility index (Phi) is 4.73. The Morgan fingerprint density at radius 2 is 1.95 bits per heavy atom. The fourth-order valence-corrected chi connectivity index (χ4v) is 2.46. The van der Waals surface area contributed by atoms with Crippen LogP contribution in [0.2, 0.25) is 0 Å². The molecule has 0 saturated carbocycles. The second kappa shape index (κ2) is 6.31. The number of carboxylic acid groups (broad SMARTS) is 1. The first-order chi connectivity index (χ1) is 9.09. The lowest BCUT2D eigenvalue weighted by Gasteiger charge is -2.31. The molecule has 2 atom stereocenters. The van der Waals surface area contributed by atoms with E-state index in [1.54, 1.807) is 16.8 Å². The molecule has 0 aromatic rings. The Morgan fingerprint density at radius 1 is 1.26 bits per heavy atom. The van der Waals surface area contributed by atoms with Gasteiger partial charge < -0.3 is 19.5 Å². The maximum absolute atomic E-state index is 12.1. The summed E-state index contributed by atoms with van der Waals surface area (Å²) in [5.74, 6) is -1.41. The van der Waals surface area contributed by atoms with E-state index in [1.807, 2.05) is 0 Å². The molecule has 0 aliphatic carbocycles. The molecule has 108 valence electrons. The molecule has 19 heavy (non-hydrogen) atoms. The highest BCUT2D eigenvalue weighted by Gasteiger charge is 2.37. The summed E-state index contributed by atoms with van der Waals surface area (Å²) in [6.45, 7) is 3.16. The van der Waals surface area contributed by atoms with Crippen LogP contribution >= 0.6 is 0 Å². The van der Waals surface area contributed by atoms with Crippen molar-refractivity contribution in [3.63, 3.8) is 0 Å². The number of hydrogen-bond acceptors (Lipinski definition) is 5. The summed E-state index contributed by atoms with van der Waals surface area (Å²) in [6, 6.07) is -0.234. The highest BCUT2D eigenvalue weighted by atomic mass is 16.5. The number of amides is 1. The standard InChI is InChI=1S/C12H20N2O5/c1-13(10-8-19-7-9(10)12(16)17)6-11(15)14-2-4-18-5-3-14/h9-10H,2-8H2,1H3,(H,16,17). The van der Waals surface area contributed by atoms with Crippen molar-refractivity contribution < 1.29 is 24.2 Å². The van der Waals surface area contributed by atoms with Crippen LogP contribution in [0.15, 0.2) is 0 Å². The molecule has 2 unspecified atom stereocenters. The number of likely N-dealkylation sites (N-methyl/N-ethyl adjacent to an activating group) is 1. The van der Waals surface area contributed by atoms with Crippen LogP contribution < -0.4 is 0 Å². The van der Waals surface area contributed by atoms with E-state index >= 15 is 0 Å². The number of nitrogens with zero attached hydrogens (tertiary/aromatic N) is 2. The molecule has 2 saturated heterocycles. The maximum Gasteiger partial charge on any atom is 0.310 e. The zero-order chi connectivity index (χ0) is 13.8. The number of carbonyl (C=O) groups is 2. The molecule has 2 heterocycles. The summed E-state index contributed by atoms with van der Waals surface area (Å²) in [4.78, 5) is 26.7. The van der Waals surface area contributed by atoms with E-state index in [2.05, 4.69) is 0 Å². The van der Waals surface area contributed by atoms with Crippen LogP contribution in [0, 0.1) is 5.92 Å². The fourth-order valence-electron chi connectivity index (χ4n) is 2.46. The van der Waals surface area contributed by atoms with Gasteiger partial charge in [-0.1, -0.05) is 0 Å². The lowest BCUT2D eigenvalue weighted by Crippen LogP contribution is -2.49. The minimum atomic E-state index is -0.867. The number of carbonyl (C=O) groups excluding carboxylic acids is 1. The van der Waals surface area contributed by atoms with Crippen LogP contribution in [0.1, 0.15) is 0 Å². The van der Waals surface area contributed by atoms with Crippen LogP contribution in [0.25, 0.3) is 0 Å². The van der Waals surface area contributed by atoms with Gasteiger partial charge in [-0.3, -0.25) is 14.5 Å². The van der Waals surface area contributed by atoms with Crippen molar-refractivity contribution in [1.82, 2.24) is 9.80 Å². The van der Waals surface area contributed by atoms with Gasteiger partial charge in [0.15, 0.2) is 0 Å². The summed E-state index contributed by atoms with van der Waals surface area (Å²) in [7, 11) is 1.77. The van der Waals surface area contributed by atoms with Gasteiger partial charge in [0, 0.05) is 19.1 Å². The zero-order valence-electron chi connectivity index (χ0n) is 11.1. The van der Waals surface area contributed by atoms with E-state index in [1.165, 1.54) is 0 Å². The third-order valence-electron chi connectivity index (χ3n) is 3.68. The zero-order valence-corrected chi connectivity index (χ0v) is 11.1. The van der Waals surface area contributed by atoms with E-state index in [9.17, 15) is 9.59 Å². The first kappa shape index (κ1) is 14.2. The number of rotatable bonds is 4. The molecule has 0 bridgehead atoms. The van der Waals surface area contributed by atoms with Crippen molar-refractivity contribution in [3.05, 3.63) is 0 Å². The Labute approximate surface area is 112 Å². The minimum absolute atomic E-state index is 0.0156. The summed E-state index contributed by atoms with van der Waals surface area (Å²) in [5, 5.41) is 9.10. The van der Waals surface area contributed by atoms with Crippen molar-refractivity contribution >= 4 is 11.9 Å². The second-order valence-corrected chi connectivity index (χ2v) is 4.96. The van der Waals surface area contributed by atoms with Crippen molar-refractivity contribution in [2.24, 2.45) is 5.92 Å². The van der Waals surface area contributed by atoms with Gasteiger partial charge in [-0.2, -0.15) is 0 Å². The Morgan fingerprint density at radius 3 is 2.58 bits per heavy atom. The molecular weight excluding hydrogens is 252 g/mol. The molecule has 0 aromatic heterocycles. The van der Waals surface area contributed by atoms with E-state index < -0.39 is 11.9 Å². The van der Waals surface area contributed by atoms with E-state index in [4.69, 9.17) is 14.6 Å². The van der Waals surface area contributed by atoms with Crippen molar-refractivity contribution in [2.45, 2.75) is 6.04 Å². The number of carboxylic acids is 1. The Hall–Kier alpha value is -1.18. The number of hydrogen-bond donors (Lipinski definition) is 1. The van der Waals surface area contributed by atoms with Crippen molar-refractivity contribution in [3.8, 4) is 0 Å². The van der Waals surface area contributed by atoms with Crippen LogP contribution in [0.4, 0.5) is 0 Å². The molecule has 0 aromatic carbocycles. The van der Waals surface area contributed by atoms with Crippen LogP contribution in [-0.2, 0) is 19.1 Å². The largest absolute Gasteiger partial charge is 0.481 e. The quantitative estimate of drug-likeness (QED) is 0.698. The van der Waals surface area contributed by atoms with Gasteiger partial charge >= 0.3 is 5.97 Å². The molecule has 2 rings (SSSR count). The monoisotopic (exact) mass is 272 g/mol. The van der Waals surface area contributed by atoms with Gasteiger partial charge in [0.1, 0.15) is 0 Å². The number of morpholine rings is 1.